The molecule has 1 unspecified atom stereocenters. The van der Waals surface area contributed by atoms with Crippen LogP contribution in [-0.4, -0.2) is 27.9 Å². The highest BCUT2D eigenvalue weighted by molar-refractivity contribution is 5.35. The van der Waals surface area contributed by atoms with E-state index in [2.05, 4.69) is 32.2 Å². The van der Waals surface area contributed by atoms with Crippen molar-refractivity contribution in [3.05, 3.63) is 41.5 Å². The van der Waals surface area contributed by atoms with Crippen LogP contribution in [0.5, 0.6) is 5.75 Å². The van der Waals surface area contributed by atoms with Gasteiger partial charge in [-0.2, -0.15) is 0 Å². The van der Waals surface area contributed by atoms with Crippen LogP contribution >= 0.6 is 0 Å². The molecule has 3 heterocycles. The summed E-state index contributed by atoms with van der Waals surface area (Å²) in [5.41, 5.74) is 1.20. The van der Waals surface area contributed by atoms with E-state index in [4.69, 9.17) is 4.74 Å². The first-order valence-corrected chi connectivity index (χ1v) is 7.25. The molecular formula is C15H18N4O. The first kappa shape index (κ1) is 11.9. The number of para-hydroxylation sites is 1. The minimum atomic E-state index is 0.468. The molecule has 4 rings (SSSR count). The molecule has 1 saturated heterocycles. The van der Waals surface area contributed by atoms with Crippen LogP contribution in [0.1, 0.15) is 36.0 Å². The quantitative estimate of drug-likeness (QED) is 0.856. The van der Waals surface area contributed by atoms with Crippen LogP contribution in [0.4, 0.5) is 0 Å². The summed E-state index contributed by atoms with van der Waals surface area (Å²) in [4.78, 5) is 0. The number of fused-ring (bicyclic) bond motifs is 2. The van der Waals surface area contributed by atoms with Gasteiger partial charge in [0.2, 0.25) is 0 Å². The highest BCUT2D eigenvalue weighted by atomic mass is 16.5. The van der Waals surface area contributed by atoms with Gasteiger partial charge in [-0.3, -0.25) is 0 Å². The van der Waals surface area contributed by atoms with E-state index in [1.165, 1.54) is 18.4 Å². The molecule has 0 amide bonds. The molecule has 0 radical (unpaired) electrons. The van der Waals surface area contributed by atoms with Crippen molar-refractivity contribution in [1.29, 1.82) is 0 Å². The summed E-state index contributed by atoms with van der Waals surface area (Å²) in [6.07, 6.45) is 2.40. The van der Waals surface area contributed by atoms with Gasteiger partial charge < -0.3 is 14.6 Å². The third kappa shape index (κ3) is 1.98. The summed E-state index contributed by atoms with van der Waals surface area (Å²) in [5.74, 6) is 3.47. The SMILES string of the molecule is c1ccc2c(c1)Cn1c(nnc1C1CCCNC1)CO2. The minimum Gasteiger partial charge on any atom is -0.485 e. The molecule has 20 heavy (non-hydrogen) atoms. The maximum atomic E-state index is 5.84. The largest absolute Gasteiger partial charge is 0.485 e. The van der Waals surface area contributed by atoms with Crippen molar-refractivity contribution in [2.24, 2.45) is 0 Å². The normalized spacial score (nSPS) is 21.5. The number of nitrogens with zero attached hydrogens (tertiary/aromatic N) is 3. The first-order chi connectivity index (χ1) is 9.92. The number of benzene rings is 1. The molecule has 0 bridgehead atoms. The number of nitrogens with one attached hydrogen (secondary N) is 1. The van der Waals surface area contributed by atoms with Gasteiger partial charge in [-0.1, -0.05) is 18.2 Å². The summed E-state index contributed by atoms with van der Waals surface area (Å²) in [6.45, 7) is 3.43. The Bertz CT molecular complexity index is 616. The fourth-order valence-corrected chi connectivity index (χ4v) is 3.09. The lowest BCUT2D eigenvalue weighted by atomic mass is 9.98. The van der Waals surface area contributed by atoms with E-state index < -0.39 is 0 Å². The lowest BCUT2D eigenvalue weighted by Gasteiger charge is -2.22. The lowest BCUT2D eigenvalue weighted by Crippen LogP contribution is -2.30. The monoisotopic (exact) mass is 270 g/mol. The molecule has 2 aliphatic rings. The molecule has 0 saturated carbocycles. The Morgan fingerprint density at radius 1 is 1.25 bits per heavy atom. The fourth-order valence-electron chi connectivity index (χ4n) is 3.09. The van der Waals surface area contributed by atoms with Gasteiger partial charge in [-0.25, -0.2) is 0 Å². The number of rotatable bonds is 1. The van der Waals surface area contributed by atoms with Gasteiger partial charge in [-0.05, 0) is 25.5 Å². The highest BCUT2D eigenvalue weighted by Gasteiger charge is 2.25. The molecule has 1 fully saturated rings. The highest BCUT2D eigenvalue weighted by Crippen LogP contribution is 2.28. The smallest absolute Gasteiger partial charge is 0.171 e. The maximum absolute atomic E-state index is 5.84. The van der Waals surface area contributed by atoms with E-state index in [9.17, 15) is 0 Å². The van der Waals surface area contributed by atoms with Crippen molar-refractivity contribution in [3.63, 3.8) is 0 Å². The Morgan fingerprint density at radius 2 is 2.20 bits per heavy atom. The topological polar surface area (TPSA) is 52.0 Å². The molecule has 2 aromatic rings. The van der Waals surface area contributed by atoms with Gasteiger partial charge in [0.1, 0.15) is 18.2 Å². The van der Waals surface area contributed by atoms with E-state index in [0.717, 1.165) is 37.0 Å². The van der Waals surface area contributed by atoms with E-state index in [1.54, 1.807) is 0 Å². The fraction of sp³-hybridized carbons (Fsp3) is 0.467. The molecule has 104 valence electrons. The Balaban J connectivity index is 1.71. The number of aromatic nitrogens is 3. The average molecular weight is 270 g/mol. The zero-order valence-electron chi connectivity index (χ0n) is 11.4. The lowest BCUT2D eigenvalue weighted by molar-refractivity contribution is 0.296. The van der Waals surface area contributed by atoms with Crippen molar-refractivity contribution < 1.29 is 4.74 Å². The predicted octanol–water partition coefficient (Wildman–Crippen LogP) is 1.69. The number of hydrogen-bond donors (Lipinski definition) is 1. The molecular weight excluding hydrogens is 252 g/mol. The minimum absolute atomic E-state index is 0.468. The molecule has 1 N–H and O–H groups in total. The summed E-state index contributed by atoms with van der Waals surface area (Å²) < 4.78 is 8.08. The van der Waals surface area contributed by atoms with Gasteiger partial charge >= 0.3 is 0 Å². The third-order valence-electron chi connectivity index (χ3n) is 4.18. The van der Waals surface area contributed by atoms with Crippen LogP contribution in [0, 0.1) is 0 Å². The Kier molecular flexibility index (Phi) is 2.92. The van der Waals surface area contributed by atoms with Crippen molar-refractivity contribution in [1.82, 2.24) is 20.1 Å². The molecule has 1 aromatic heterocycles. The molecule has 0 spiro atoms. The van der Waals surface area contributed by atoms with Gasteiger partial charge in [0, 0.05) is 18.0 Å². The average Bonchev–Trinajstić information content (AvgIpc) is 2.81. The summed E-state index contributed by atoms with van der Waals surface area (Å²) in [6, 6.07) is 8.21. The maximum Gasteiger partial charge on any atom is 0.171 e. The van der Waals surface area contributed by atoms with Crippen LogP contribution in [-0.2, 0) is 13.2 Å². The van der Waals surface area contributed by atoms with E-state index in [-0.39, 0.29) is 0 Å². The van der Waals surface area contributed by atoms with Crippen LogP contribution < -0.4 is 10.1 Å². The summed E-state index contributed by atoms with van der Waals surface area (Å²) in [7, 11) is 0. The number of piperidine rings is 1. The van der Waals surface area contributed by atoms with Gasteiger partial charge in [0.05, 0.1) is 6.54 Å². The molecule has 5 heteroatoms. The van der Waals surface area contributed by atoms with Crippen LogP contribution in [0.3, 0.4) is 0 Å². The third-order valence-corrected chi connectivity index (χ3v) is 4.18. The second-order valence-corrected chi connectivity index (χ2v) is 5.50. The molecule has 1 aromatic carbocycles. The second-order valence-electron chi connectivity index (χ2n) is 5.50. The van der Waals surface area contributed by atoms with Crippen LogP contribution in [0.25, 0.3) is 0 Å². The van der Waals surface area contributed by atoms with E-state index in [1.807, 2.05) is 12.1 Å². The van der Waals surface area contributed by atoms with Crippen molar-refractivity contribution in [2.75, 3.05) is 13.1 Å². The van der Waals surface area contributed by atoms with Gasteiger partial charge in [-0.15, -0.1) is 10.2 Å². The molecule has 2 aliphatic heterocycles. The predicted molar refractivity (Wildman–Crippen MR) is 74.7 cm³/mol. The zero-order valence-corrected chi connectivity index (χ0v) is 11.4. The van der Waals surface area contributed by atoms with Crippen LogP contribution in [0.15, 0.2) is 24.3 Å². The van der Waals surface area contributed by atoms with Crippen molar-refractivity contribution >= 4 is 0 Å². The van der Waals surface area contributed by atoms with E-state index in [0.29, 0.717) is 12.5 Å². The number of ether oxygens (including phenoxy) is 1. The first-order valence-electron chi connectivity index (χ1n) is 7.25. The van der Waals surface area contributed by atoms with E-state index >= 15 is 0 Å². The zero-order chi connectivity index (χ0) is 13.4. The van der Waals surface area contributed by atoms with Gasteiger partial charge in [0.15, 0.2) is 5.82 Å². The Hall–Kier alpha value is -1.88. The summed E-state index contributed by atoms with van der Waals surface area (Å²) >= 11 is 0. The Labute approximate surface area is 118 Å². The van der Waals surface area contributed by atoms with Crippen LogP contribution in [0.2, 0.25) is 0 Å². The second kappa shape index (κ2) is 4.90. The summed E-state index contributed by atoms with van der Waals surface area (Å²) in [5, 5.41) is 12.2. The van der Waals surface area contributed by atoms with Crippen molar-refractivity contribution in [3.8, 4) is 5.75 Å². The Morgan fingerprint density at radius 3 is 3.10 bits per heavy atom. The van der Waals surface area contributed by atoms with Gasteiger partial charge in [0.25, 0.3) is 0 Å². The van der Waals surface area contributed by atoms with Crippen molar-refractivity contribution in [2.45, 2.75) is 31.9 Å². The molecule has 1 atom stereocenters. The molecule has 5 nitrogen and oxygen atoms in total. The molecule has 0 aliphatic carbocycles. The standard InChI is InChI=1S/C15H18N4O/c1-2-6-13-12(4-1)9-19-14(10-20-13)17-18-15(19)11-5-3-7-16-8-11/h1-2,4,6,11,16H,3,5,7-10H2. The number of hydrogen-bond acceptors (Lipinski definition) is 4.